The highest BCUT2D eigenvalue weighted by Crippen LogP contribution is 2.33. The van der Waals surface area contributed by atoms with Crippen molar-refractivity contribution in [1.29, 1.82) is 0 Å². The smallest absolute Gasteiger partial charge is 0.256 e. The second kappa shape index (κ2) is 7.80. The number of carbonyl (C=O) groups excluding carboxylic acids is 1. The van der Waals surface area contributed by atoms with Gasteiger partial charge in [-0.05, 0) is 36.1 Å². The fourth-order valence-corrected chi connectivity index (χ4v) is 4.78. The van der Waals surface area contributed by atoms with E-state index in [1.165, 1.54) is 11.1 Å². The zero-order valence-corrected chi connectivity index (χ0v) is 16.4. The molecule has 0 unspecified atom stereocenters. The predicted octanol–water partition coefficient (Wildman–Crippen LogP) is 4.29. The summed E-state index contributed by atoms with van der Waals surface area (Å²) >= 11 is 0. The fourth-order valence-electron chi connectivity index (χ4n) is 4.78. The van der Waals surface area contributed by atoms with Crippen LogP contribution in [0.4, 0.5) is 0 Å². The van der Waals surface area contributed by atoms with Gasteiger partial charge in [-0.1, -0.05) is 60.7 Å². The van der Waals surface area contributed by atoms with E-state index >= 15 is 0 Å². The van der Waals surface area contributed by atoms with Gasteiger partial charge in [-0.15, -0.1) is 0 Å². The highest BCUT2D eigenvalue weighted by Gasteiger charge is 2.36. The van der Waals surface area contributed by atoms with Gasteiger partial charge in [-0.3, -0.25) is 14.7 Å². The molecular weight excluding hydrogens is 358 g/mol. The van der Waals surface area contributed by atoms with E-state index in [-0.39, 0.29) is 11.9 Å². The lowest BCUT2D eigenvalue weighted by Crippen LogP contribution is -2.46. The molecule has 2 aliphatic heterocycles. The third-order valence-corrected chi connectivity index (χ3v) is 6.24. The Bertz CT molecular complexity index is 942. The topological polar surface area (TPSA) is 36.4 Å². The van der Waals surface area contributed by atoms with Crippen LogP contribution in [0.25, 0.3) is 0 Å². The molecule has 3 heterocycles. The number of fused-ring (bicyclic) bond motifs is 1. The molecular formula is C25H25N3O. The lowest BCUT2D eigenvalue weighted by Gasteiger charge is -2.40. The molecule has 0 aliphatic carbocycles. The summed E-state index contributed by atoms with van der Waals surface area (Å²) in [4.78, 5) is 21.8. The Morgan fingerprint density at radius 1 is 0.828 bits per heavy atom. The first-order chi connectivity index (χ1) is 14.3. The minimum Gasteiger partial charge on any atom is -0.330 e. The second-order valence-electron chi connectivity index (χ2n) is 7.92. The molecule has 146 valence electrons. The quantitative estimate of drug-likeness (QED) is 0.674. The molecule has 1 fully saturated rings. The Morgan fingerprint density at radius 3 is 2.03 bits per heavy atom. The van der Waals surface area contributed by atoms with E-state index in [2.05, 4.69) is 70.5 Å². The number of hydrogen-bond acceptors (Lipinski definition) is 3. The van der Waals surface area contributed by atoms with E-state index in [0.29, 0.717) is 12.6 Å². The third-order valence-electron chi connectivity index (χ3n) is 6.24. The van der Waals surface area contributed by atoms with Crippen LogP contribution in [0.5, 0.6) is 0 Å². The van der Waals surface area contributed by atoms with Crippen molar-refractivity contribution in [3.05, 3.63) is 101 Å². The van der Waals surface area contributed by atoms with Gasteiger partial charge in [0.2, 0.25) is 0 Å². The van der Waals surface area contributed by atoms with E-state index in [1.54, 1.807) is 6.20 Å². The molecule has 1 amide bonds. The maximum absolute atomic E-state index is 12.8. The highest BCUT2D eigenvalue weighted by molar-refractivity contribution is 5.97. The maximum atomic E-state index is 12.8. The summed E-state index contributed by atoms with van der Waals surface area (Å²) in [5, 5.41) is 0. The normalized spacial score (nSPS) is 17.7. The molecule has 0 radical (unpaired) electrons. The monoisotopic (exact) mass is 383 g/mol. The number of aromatic nitrogens is 1. The van der Waals surface area contributed by atoms with Gasteiger partial charge in [0, 0.05) is 25.3 Å². The van der Waals surface area contributed by atoms with Gasteiger partial charge in [-0.2, -0.15) is 0 Å². The first-order valence-corrected chi connectivity index (χ1v) is 10.4. The highest BCUT2D eigenvalue weighted by atomic mass is 16.2. The number of piperidine rings is 1. The Balaban J connectivity index is 1.33. The molecule has 0 spiro atoms. The lowest BCUT2D eigenvalue weighted by atomic mass is 9.93. The molecule has 0 atom stereocenters. The van der Waals surface area contributed by atoms with Crippen LogP contribution in [0.3, 0.4) is 0 Å². The molecule has 2 aliphatic rings. The van der Waals surface area contributed by atoms with Crippen molar-refractivity contribution in [3.8, 4) is 0 Å². The van der Waals surface area contributed by atoms with Gasteiger partial charge in [0.05, 0.1) is 23.8 Å². The number of carbonyl (C=O) groups is 1. The van der Waals surface area contributed by atoms with Crippen LogP contribution in [-0.4, -0.2) is 39.8 Å². The molecule has 5 rings (SSSR count). The summed E-state index contributed by atoms with van der Waals surface area (Å²) in [5.41, 5.74) is 4.35. The van der Waals surface area contributed by atoms with Crippen molar-refractivity contribution < 1.29 is 4.79 Å². The van der Waals surface area contributed by atoms with E-state index < -0.39 is 0 Å². The van der Waals surface area contributed by atoms with Crippen LogP contribution in [0.1, 0.15) is 46.1 Å². The predicted molar refractivity (Wildman–Crippen MR) is 113 cm³/mol. The number of rotatable bonds is 4. The summed E-state index contributed by atoms with van der Waals surface area (Å²) in [6, 6.07) is 25.8. The molecule has 4 heteroatoms. The molecule has 1 saturated heterocycles. The number of amides is 1. The Kier molecular flexibility index (Phi) is 4.86. The minimum absolute atomic E-state index is 0.147. The molecule has 2 aromatic carbocycles. The van der Waals surface area contributed by atoms with Gasteiger partial charge >= 0.3 is 0 Å². The SMILES string of the molecule is O=C1c2cccnc2CN1C1CCN(C(c2ccccc2)c2ccccc2)CC1. The number of likely N-dealkylation sites (tertiary alicyclic amines) is 1. The van der Waals surface area contributed by atoms with Crippen LogP contribution in [-0.2, 0) is 6.54 Å². The van der Waals surface area contributed by atoms with Crippen LogP contribution >= 0.6 is 0 Å². The van der Waals surface area contributed by atoms with Crippen LogP contribution in [0.15, 0.2) is 79.0 Å². The zero-order chi connectivity index (χ0) is 19.6. The number of nitrogens with zero attached hydrogens (tertiary/aromatic N) is 3. The van der Waals surface area contributed by atoms with Crippen molar-refractivity contribution >= 4 is 5.91 Å². The number of pyridine rings is 1. The Morgan fingerprint density at radius 2 is 1.45 bits per heavy atom. The van der Waals surface area contributed by atoms with E-state index in [9.17, 15) is 4.79 Å². The van der Waals surface area contributed by atoms with Gasteiger partial charge in [0.15, 0.2) is 0 Å². The van der Waals surface area contributed by atoms with Crippen molar-refractivity contribution in [2.24, 2.45) is 0 Å². The average Bonchev–Trinajstić information content (AvgIpc) is 3.13. The molecule has 3 aromatic rings. The van der Waals surface area contributed by atoms with Crippen molar-refractivity contribution in [1.82, 2.24) is 14.8 Å². The minimum atomic E-state index is 0.147. The van der Waals surface area contributed by atoms with Crippen LogP contribution < -0.4 is 0 Å². The zero-order valence-electron chi connectivity index (χ0n) is 16.4. The Hall–Kier alpha value is -2.98. The van der Waals surface area contributed by atoms with Crippen molar-refractivity contribution in [2.45, 2.75) is 31.5 Å². The van der Waals surface area contributed by atoms with Gasteiger partial charge < -0.3 is 4.90 Å². The number of benzene rings is 2. The lowest BCUT2D eigenvalue weighted by molar-refractivity contribution is 0.0565. The summed E-state index contributed by atoms with van der Waals surface area (Å²) in [5.74, 6) is 0.147. The molecule has 0 saturated carbocycles. The van der Waals surface area contributed by atoms with E-state index in [1.807, 2.05) is 17.0 Å². The van der Waals surface area contributed by atoms with Gasteiger partial charge in [0.1, 0.15) is 0 Å². The Labute approximate surface area is 171 Å². The van der Waals surface area contributed by atoms with Crippen molar-refractivity contribution in [2.75, 3.05) is 13.1 Å². The average molecular weight is 383 g/mol. The fraction of sp³-hybridized carbons (Fsp3) is 0.280. The summed E-state index contributed by atoms with van der Waals surface area (Å²) in [6.07, 6.45) is 3.77. The van der Waals surface area contributed by atoms with E-state index in [0.717, 1.165) is 37.2 Å². The largest absolute Gasteiger partial charge is 0.330 e. The second-order valence-corrected chi connectivity index (χ2v) is 7.92. The van der Waals surface area contributed by atoms with Crippen LogP contribution in [0.2, 0.25) is 0 Å². The molecule has 29 heavy (non-hydrogen) atoms. The first-order valence-electron chi connectivity index (χ1n) is 10.4. The summed E-state index contributed by atoms with van der Waals surface area (Å²) in [7, 11) is 0. The van der Waals surface area contributed by atoms with Gasteiger partial charge in [-0.25, -0.2) is 0 Å². The summed E-state index contributed by atoms with van der Waals surface area (Å²) < 4.78 is 0. The molecule has 0 N–H and O–H groups in total. The van der Waals surface area contributed by atoms with Crippen molar-refractivity contribution in [3.63, 3.8) is 0 Å². The van der Waals surface area contributed by atoms with E-state index in [4.69, 9.17) is 0 Å². The molecule has 0 bridgehead atoms. The first kappa shape index (κ1) is 18.1. The van der Waals surface area contributed by atoms with Crippen LogP contribution in [0, 0.1) is 0 Å². The molecule has 1 aromatic heterocycles. The third kappa shape index (κ3) is 3.45. The standard InChI is InChI=1S/C25H25N3O/c29-25-22-12-7-15-26-23(22)18-28(25)21-13-16-27(17-14-21)24(19-8-3-1-4-9-19)20-10-5-2-6-11-20/h1-12,15,21,24H,13-14,16-18H2. The van der Waals surface area contributed by atoms with Gasteiger partial charge in [0.25, 0.3) is 5.91 Å². The maximum Gasteiger partial charge on any atom is 0.256 e. The number of hydrogen-bond donors (Lipinski definition) is 0. The molecule has 4 nitrogen and oxygen atoms in total. The summed E-state index contributed by atoms with van der Waals surface area (Å²) in [6.45, 7) is 2.61.